The molecule has 0 amide bonds. The predicted molar refractivity (Wildman–Crippen MR) is 118 cm³/mol. The van der Waals surface area contributed by atoms with Gasteiger partial charge >= 0.3 is 0 Å². The summed E-state index contributed by atoms with van der Waals surface area (Å²) in [5, 5.41) is 0.891. The van der Waals surface area contributed by atoms with Crippen LogP contribution in [0.3, 0.4) is 0 Å². The van der Waals surface area contributed by atoms with E-state index in [2.05, 4.69) is 94.4 Å². The molecule has 0 nitrogen and oxygen atoms in total. The van der Waals surface area contributed by atoms with Crippen LogP contribution < -0.4 is 0 Å². The third-order valence-electron chi connectivity index (χ3n) is 5.48. The van der Waals surface area contributed by atoms with Gasteiger partial charge in [-0.2, -0.15) is 0 Å². The van der Waals surface area contributed by atoms with Crippen LogP contribution >= 0.6 is 11.6 Å². The van der Waals surface area contributed by atoms with Gasteiger partial charge in [0.2, 0.25) is 0 Å². The zero-order chi connectivity index (χ0) is 19.4. The number of benzene rings is 3. The quantitative estimate of drug-likeness (QED) is 0.414. The lowest BCUT2D eigenvalue weighted by molar-refractivity contribution is 0.749. The second kappa shape index (κ2) is 8.76. The van der Waals surface area contributed by atoms with E-state index in [1.165, 1.54) is 33.4 Å². The van der Waals surface area contributed by atoms with Gasteiger partial charge in [-0.05, 0) is 66.8 Å². The molecule has 0 aliphatic carbocycles. The first-order chi connectivity index (χ1) is 12.9. The Balaban J connectivity index is 1.67. The molecule has 1 heteroatoms. The first-order valence-corrected chi connectivity index (χ1v) is 10.2. The minimum absolute atomic E-state index is 0.459. The van der Waals surface area contributed by atoms with E-state index < -0.39 is 0 Å². The van der Waals surface area contributed by atoms with Crippen LogP contribution in [0.4, 0.5) is 0 Å². The van der Waals surface area contributed by atoms with Crippen LogP contribution in [0, 0.1) is 13.8 Å². The molecular formula is C26H29Cl. The molecule has 2 atom stereocenters. The Labute approximate surface area is 169 Å². The number of hydrogen-bond donors (Lipinski definition) is 0. The molecule has 0 bridgehead atoms. The summed E-state index contributed by atoms with van der Waals surface area (Å²) in [6.45, 7) is 8.81. The molecule has 140 valence electrons. The average Bonchev–Trinajstić information content (AvgIpc) is 2.65. The smallest absolute Gasteiger partial charge is 0.0440 e. The van der Waals surface area contributed by atoms with Crippen molar-refractivity contribution in [3.05, 3.63) is 105 Å². The van der Waals surface area contributed by atoms with Gasteiger partial charge in [0.25, 0.3) is 0 Å². The maximum absolute atomic E-state index is 6.64. The average molecular weight is 377 g/mol. The van der Waals surface area contributed by atoms with E-state index in [-0.39, 0.29) is 0 Å². The molecule has 27 heavy (non-hydrogen) atoms. The maximum atomic E-state index is 6.64. The number of hydrogen-bond acceptors (Lipinski definition) is 0. The van der Waals surface area contributed by atoms with Crippen LogP contribution in [0.2, 0.25) is 5.02 Å². The van der Waals surface area contributed by atoms with E-state index in [4.69, 9.17) is 11.6 Å². The van der Waals surface area contributed by atoms with Crippen molar-refractivity contribution in [2.24, 2.45) is 0 Å². The fraction of sp³-hybridized carbons (Fsp3) is 0.308. The molecule has 0 fully saturated rings. The SMILES string of the molecule is Cc1ccc(C(C)Cc2ccc(CC(C)c3ccc(C)cc3)c(Cl)c2)cc1. The van der Waals surface area contributed by atoms with Gasteiger partial charge in [-0.15, -0.1) is 0 Å². The van der Waals surface area contributed by atoms with E-state index in [1.54, 1.807) is 0 Å². The van der Waals surface area contributed by atoms with Gasteiger partial charge in [-0.25, -0.2) is 0 Å². The van der Waals surface area contributed by atoms with Gasteiger partial charge < -0.3 is 0 Å². The summed E-state index contributed by atoms with van der Waals surface area (Å²) in [5.41, 5.74) is 7.90. The molecule has 0 aliphatic heterocycles. The molecule has 0 aliphatic rings. The van der Waals surface area contributed by atoms with Crippen molar-refractivity contribution in [3.63, 3.8) is 0 Å². The van der Waals surface area contributed by atoms with Gasteiger partial charge in [0.15, 0.2) is 0 Å². The summed E-state index contributed by atoms with van der Waals surface area (Å²) in [7, 11) is 0. The van der Waals surface area contributed by atoms with Crippen LogP contribution in [0.1, 0.15) is 59.1 Å². The molecule has 0 heterocycles. The lowest BCUT2D eigenvalue weighted by atomic mass is 9.90. The normalized spacial score (nSPS) is 13.4. The molecule has 0 saturated heterocycles. The highest BCUT2D eigenvalue weighted by Gasteiger charge is 2.12. The Bertz CT molecular complexity index is 875. The van der Waals surface area contributed by atoms with Crippen molar-refractivity contribution in [2.45, 2.75) is 52.4 Å². The number of rotatable bonds is 6. The van der Waals surface area contributed by atoms with E-state index in [0.717, 1.165) is 17.9 Å². The molecule has 0 aromatic heterocycles. The Morgan fingerprint density at radius 1 is 0.667 bits per heavy atom. The molecule has 3 rings (SSSR count). The molecule has 3 aromatic carbocycles. The largest absolute Gasteiger partial charge is 0.0840 e. The fourth-order valence-electron chi connectivity index (χ4n) is 3.59. The zero-order valence-corrected chi connectivity index (χ0v) is 17.6. The van der Waals surface area contributed by atoms with E-state index in [0.29, 0.717) is 11.8 Å². The molecular weight excluding hydrogens is 348 g/mol. The number of aryl methyl sites for hydroxylation is 2. The minimum atomic E-state index is 0.459. The molecule has 2 unspecified atom stereocenters. The summed E-state index contributed by atoms with van der Waals surface area (Å²) < 4.78 is 0. The highest BCUT2D eigenvalue weighted by Crippen LogP contribution is 2.28. The predicted octanol–water partition coefficient (Wildman–Crippen LogP) is 7.65. The zero-order valence-electron chi connectivity index (χ0n) is 16.8. The summed E-state index contributed by atoms with van der Waals surface area (Å²) in [5.74, 6) is 0.944. The van der Waals surface area contributed by atoms with Gasteiger partial charge in [0.1, 0.15) is 0 Å². The van der Waals surface area contributed by atoms with Crippen molar-refractivity contribution in [2.75, 3.05) is 0 Å². The summed E-state index contributed by atoms with van der Waals surface area (Å²) >= 11 is 6.64. The third-order valence-corrected chi connectivity index (χ3v) is 5.83. The van der Waals surface area contributed by atoms with Crippen LogP contribution in [-0.2, 0) is 12.8 Å². The first kappa shape index (κ1) is 19.7. The molecule has 0 spiro atoms. The standard InChI is InChI=1S/C26H29Cl/c1-18-5-10-23(11-6-18)20(3)15-22-9-14-25(26(27)17-22)16-21(4)24-12-7-19(2)8-13-24/h5-14,17,20-21H,15-16H2,1-4H3. The molecule has 0 saturated carbocycles. The van der Waals surface area contributed by atoms with E-state index in [1.807, 2.05) is 0 Å². The second-order valence-electron chi connectivity index (χ2n) is 7.96. The topological polar surface area (TPSA) is 0 Å². The molecule has 0 N–H and O–H groups in total. The highest BCUT2D eigenvalue weighted by molar-refractivity contribution is 6.31. The van der Waals surface area contributed by atoms with Gasteiger partial charge in [0.05, 0.1) is 0 Å². The Morgan fingerprint density at radius 3 is 1.63 bits per heavy atom. The van der Waals surface area contributed by atoms with Crippen molar-refractivity contribution in [1.82, 2.24) is 0 Å². The van der Waals surface area contributed by atoms with Gasteiger partial charge in [-0.1, -0.05) is 97.2 Å². The lowest BCUT2D eigenvalue weighted by Crippen LogP contribution is -2.02. The third kappa shape index (κ3) is 5.23. The summed E-state index contributed by atoms with van der Waals surface area (Å²) in [6, 6.07) is 24.3. The van der Waals surface area contributed by atoms with E-state index in [9.17, 15) is 0 Å². The van der Waals surface area contributed by atoms with Gasteiger partial charge in [-0.3, -0.25) is 0 Å². The van der Waals surface area contributed by atoms with Crippen LogP contribution in [-0.4, -0.2) is 0 Å². The lowest BCUT2D eigenvalue weighted by Gasteiger charge is -2.16. The fourth-order valence-corrected chi connectivity index (χ4v) is 3.87. The minimum Gasteiger partial charge on any atom is -0.0840 e. The van der Waals surface area contributed by atoms with Crippen molar-refractivity contribution in [3.8, 4) is 0 Å². The van der Waals surface area contributed by atoms with Crippen LogP contribution in [0.5, 0.6) is 0 Å². The Kier molecular flexibility index (Phi) is 6.39. The highest BCUT2D eigenvalue weighted by atomic mass is 35.5. The second-order valence-corrected chi connectivity index (χ2v) is 8.36. The summed E-state index contributed by atoms with van der Waals surface area (Å²) in [4.78, 5) is 0. The van der Waals surface area contributed by atoms with Crippen LogP contribution in [0.25, 0.3) is 0 Å². The molecule has 0 radical (unpaired) electrons. The Hall–Kier alpha value is -2.05. The van der Waals surface area contributed by atoms with E-state index >= 15 is 0 Å². The van der Waals surface area contributed by atoms with Crippen molar-refractivity contribution in [1.29, 1.82) is 0 Å². The van der Waals surface area contributed by atoms with Gasteiger partial charge in [0, 0.05) is 5.02 Å². The van der Waals surface area contributed by atoms with Crippen molar-refractivity contribution < 1.29 is 0 Å². The van der Waals surface area contributed by atoms with Crippen LogP contribution in [0.15, 0.2) is 66.7 Å². The van der Waals surface area contributed by atoms with Crippen molar-refractivity contribution >= 4 is 11.6 Å². The Morgan fingerprint density at radius 2 is 1.15 bits per heavy atom. The number of halogens is 1. The monoisotopic (exact) mass is 376 g/mol. The maximum Gasteiger partial charge on any atom is 0.0440 e. The summed E-state index contributed by atoms with van der Waals surface area (Å²) in [6.07, 6.45) is 1.98. The first-order valence-electron chi connectivity index (χ1n) is 9.83. The molecule has 3 aromatic rings.